The molecule has 150 valence electrons. The summed E-state index contributed by atoms with van der Waals surface area (Å²) in [6.45, 7) is 0.0854. The summed E-state index contributed by atoms with van der Waals surface area (Å²) >= 11 is 1.50. The first-order chi connectivity index (χ1) is 13.9. The highest BCUT2D eigenvalue weighted by Gasteiger charge is 2.19. The predicted molar refractivity (Wildman–Crippen MR) is 108 cm³/mol. The number of rotatable bonds is 7. The fourth-order valence-corrected chi connectivity index (χ4v) is 3.67. The van der Waals surface area contributed by atoms with Crippen molar-refractivity contribution in [2.24, 2.45) is 0 Å². The lowest BCUT2D eigenvalue weighted by molar-refractivity contribution is -0.385. The minimum absolute atomic E-state index is 0.0539. The van der Waals surface area contributed by atoms with Crippen molar-refractivity contribution in [3.05, 3.63) is 63.1 Å². The summed E-state index contributed by atoms with van der Waals surface area (Å²) in [6, 6.07) is 11.6. The van der Waals surface area contributed by atoms with Gasteiger partial charge in [-0.3, -0.25) is 19.7 Å². The second-order valence-electron chi connectivity index (χ2n) is 6.15. The number of nitro benzene ring substituents is 1. The normalized spacial score (nSPS) is 10.6. The molecule has 3 rings (SSSR count). The van der Waals surface area contributed by atoms with Gasteiger partial charge in [0.1, 0.15) is 5.01 Å². The maximum absolute atomic E-state index is 12.3. The lowest BCUT2D eigenvalue weighted by Gasteiger charge is -2.16. The van der Waals surface area contributed by atoms with Gasteiger partial charge in [0.25, 0.3) is 5.91 Å². The van der Waals surface area contributed by atoms with Crippen LogP contribution in [-0.4, -0.2) is 47.3 Å². The Bertz CT molecular complexity index is 1050. The minimum Gasteiger partial charge on any atom is -0.490 e. The highest BCUT2D eigenvalue weighted by atomic mass is 32.1. The van der Waals surface area contributed by atoms with E-state index in [2.05, 4.69) is 10.3 Å². The van der Waals surface area contributed by atoms with Gasteiger partial charge in [-0.05, 0) is 24.3 Å². The molecular formula is C19H18N4O5S. The molecule has 0 spiro atoms. The molecule has 0 atom stereocenters. The van der Waals surface area contributed by atoms with Crippen molar-refractivity contribution in [2.75, 3.05) is 20.7 Å². The van der Waals surface area contributed by atoms with Gasteiger partial charge in [0.05, 0.1) is 35.3 Å². The highest BCUT2D eigenvalue weighted by molar-refractivity contribution is 7.18. The number of thiazole rings is 1. The second-order valence-corrected chi connectivity index (χ2v) is 7.27. The zero-order chi connectivity index (χ0) is 21.0. The van der Waals surface area contributed by atoms with Crippen LogP contribution in [-0.2, 0) is 11.3 Å². The monoisotopic (exact) mass is 414 g/mol. The number of carbonyl (C=O) groups is 2. The molecule has 0 radical (unpaired) electrons. The van der Waals surface area contributed by atoms with E-state index in [0.29, 0.717) is 6.54 Å². The Morgan fingerprint density at radius 3 is 2.72 bits per heavy atom. The number of hydrogen-bond acceptors (Lipinski definition) is 7. The largest absolute Gasteiger partial charge is 0.490 e. The van der Waals surface area contributed by atoms with Gasteiger partial charge in [0.2, 0.25) is 5.91 Å². The summed E-state index contributed by atoms with van der Waals surface area (Å²) in [4.78, 5) is 41.0. The van der Waals surface area contributed by atoms with Crippen molar-refractivity contribution in [3.8, 4) is 5.75 Å². The van der Waals surface area contributed by atoms with Crippen LogP contribution in [0.4, 0.5) is 5.69 Å². The summed E-state index contributed by atoms with van der Waals surface area (Å²) in [6.07, 6.45) is 0. The Kier molecular flexibility index (Phi) is 6.03. The van der Waals surface area contributed by atoms with Crippen molar-refractivity contribution < 1.29 is 19.2 Å². The average Bonchev–Trinajstić information content (AvgIpc) is 3.13. The molecule has 0 aliphatic carbocycles. The Hall–Kier alpha value is -3.53. The van der Waals surface area contributed by atoms with Gasteiger partial charge >= 0.3 is 5.69 Å². The summed E-state index contributed by atoms with van der Waals surface area (Å²) < 4.78 is 5.95. The number of nitrogens with one attached hydrogen (secondary N) is 1. The van der Waals surface area contributed by atoms with E-state index in [4.69, 9.17) is 4.74 Å². The molecule has 0 aliphatic heterocycles. The van der Waals surface area contributed by atoms with Gasteiger partial charge in [-0.2, -0.15) is 0 Å². The predicted octanol–water partition coefficient (Wildman–Crippen LogP) is 2.60. The van der Waals surface area contributed by atoms with Gasteiger partial charge in [-0.25, -0.2) is 4.98 Å². The van der Waals surface area contributed by atoms with Crippen LogP contribution in [0.3, 0.4) is 0 Å². The Morgan fingerprint density at radius 1 is 1.28 bits per heavy atom. The van der Waals surface area contributed by atoms with E-state index in [1.54, 1.807) is 7.05 Å². The average molecular weight is 414 g/mol. The third-order valence-corrected chi connectivity index (χ3v) is 5.20. The number of likely N-dealkylation sites (N-methyl/N-ethyl adjacent to an activating group) is 1. The number of nitro groups is 1. The first-order valence-corrected chi connectivity index (χ1v) is 9.39. The Morgan fingerprint density at radius 2 is 2.03 bits per heavy atom. The van der Waals surface area contributed by atoms with Crippen LogP contribution in [0.5, 0.6) is 5.75 Å². The molecule has 10 heteroatoms. The zero-order valence-corrected chi connectivity index (χ0v) is 16.6. The number of methoxy groups -OCH3 is 1. The van der Waals surface area contributed by atoms with Crippen molar-refractivity contribution >= 4 is 39.1 Å². The maximum Gasteiger partial charge on any atom is 0.311 e. The lowest BCUT2D eigenvalue weighted by atomic mass is 10.1. The van der Waals surface area contributed by atoms with Crippen LogP contribution in [0, 0.1) is 10.1 Å². The van der Waals surface area contributed by atoms with Crippen molar-refractivity contribution in [2.45, 2.75) is 6.54 Å². The first-order valence-electron chi connectivity index (χ1n) is 8.58. The molecule has 0 bridgehead atoms. The highest BCUT2D eigenvalue weighted by Crippen LogP contribution is 2.27. The van der Waals surface area contributed by atoms with E-state index in [-0.39, 0.29) is 29.5 Å². The number of nitrogens with zero attached hydrogens (tertiary/aromatic N) is 3. The van der Waals surface area contributed by atoms with Crippen LogP contribution < -0.4 is 10.1 Å². The van der Waals surface area contributed by atoms with Crippen molar-refractivity contribution in [1.29, 1.82) is 0 Å². The zero-order valence-electron chi connectivity index (χ0n) is 15.7. The van der Waals surface area contributed by atoms with Crippen LogP contribution >= 0.6 is 11.3 Å². The number of fused-ring (bicyclic) bond motifs is 1. The molecular weight excluding hydrogens is 396 g/mol. The van der Waals surface area contributed by atoms with Crippen molar-refractivity contribution in [1.82, 2.24) is 15.2 Å². The van der Waals surface area contributed by atoms with Gasteiger partial charge in [0, 0.05) is 18.7 Å². The third-order valence-electron chi connectivity index (χ3n) is 4.17. The Balaban J connectivity index is 1.60. The number of hydrogen-bond donors (Lipinski definition) is 1. The van der Waals surface area contributed by atoms with E-state index < -0.39 is 10.8 Å². The molecule has 0 saturated heterocycles. The fourth-order valence-electron chi connectivity index (χ4n) is 2.65. The van der Waals surface area contributed by atoms with Crippen LogP contribution in [0.1, 0.15) is 15.4 Å². The molecule has 2 amide bonds. The molecule has 0 saturated carbocycles. The van der Waals surface area contributed by atoms with Crippen LogP contribution in [0.15, 0.2) is 42.5 Å². The molecule has 1 aromatic heterocycles. The Labute approximate surface area is 170 Å². The lowest BCUT2D eigenvalue weighted by Crippen LogP contribution is -2.37. The van der Waals surface area contributed by atoms with Crippen molar-refractivity contribution in [3.63, 3.8) is 0 Å². The van der Waals surface area contributed by atoms with E-state index in [0.717, 1.165) is 21.3 Å². The van der Waals surface area contributed by atoms with E-state index in [1.807, 2.05) is 24.3 Å². The molecule has 9 nitrogen and oxygen atoms in total. The van der Waals surface area contributed by atoms with E-state index in [1.165, 1.54) is 35.5 Å². The molecule has 0 unspecified atom stereocenters. The summed E-state index contributed by atoms with van der Waals surface area (Å²) in [5.41, 5.74) is 0.626. The SMILES string of the molecule is COc1ccc(C(=O)NCC(=O)N(C)Cc2nc3ccccc3s2)cc1[N+](=O)[O-]. The third kappa shape index (κ3) is 4.66. The van der Waals surface area contributed by atoms with Gasteiger partial charge in [-0.1, -0.05) is 12.1 Å². The molecule has 1 N–H and O–H groups in total. The topological polar surface area (TPSA) is 115 Å². The summed E-state index contributed by atoms with van der Waals surface area (Å²) in [5, 5.41) is 14.4. The maximum atomic E-state index is 12.3. The quantitative estimate of drug-likeness (QED) is 0.469. The summed E-state index contributed by atoms with van der Waals surface area (Å²) in [5.74, 6) is -0.837. The van der Waals surface area contributed by atoms with Crippen LogP contribution in [0.2, 0.25) is 0 Å². The molecule has 0 aliphatic rings. The number of para-hydroxylation sites is 1. The fraction of sp³-hybridized carbons (Fsp3) is 0.211. The smallest absolute Gasteiger partial charge is 0.311 e. The number of ether oxygens (including phenoxy) is 1. The first kappa shape index (κ1) is 20.2. The number of amides is 2. The molecule has 2 aromatic carbocycles. The van der Waals surface area contributed by atoms with Gasteiger partial charge < -0.3 is 15.0 Å². The standard InChI is InChI=1S/C19H18N4O5S/c1-22(11-17-21-13-5-3-4-6-16(13)29-17)18(24)10-20-19(25)12-7-8-15(28-2)14(9-12)23(26)27/h3-9H,10-11H2,1-2H3,(H,20,25). The molecule has 0 fully saturated rings. The van der Waals surface area contributed by atoms with Gasteiger partial charge in [-0.15, -0.1) is 11.3 Å². The van der Waals surface area contributed by atoms with E-state index in [9.17, 15) is 19.7 Å². The van der Waals surface area contributed by atoms with E-state index >= 15 is 0 Å². The second kappa shape index (κ2) is 8.65. The summed E-state index contributed by atoms with van der Waals surface area (Å²) in [7, 11) is 2.93. The van der Waals surface area contributed by atoms with Crippen LogP contribution in [0.25, 0.3) is 10.2 Å². The molecule has 3 aromatic rings. The minimum atomic E-state index is -0.632. The molecule has 1 heterocycles. The number of aromatic nitrogens is 1. The number of benzene rings is 2. The van der Waals surface area contributed by atoms with Gasteiger partial charge in [0.15, 0.2) is 5.75 Å². The number of carbonyl (C=O) groups excluding carboxylic acids is 2. The molecule has 29 heavy (non-hydrogen) atoms.